The normalized spacial score (nSPS) is 13.4. The van der Waals surface area contributed by atoms with Crippen LogP contribution in [0.4, 0.5) is 5.82 Å². The van der Waals surface area contributed by atoms with Crippen molar-refractivity contribution in [1.29, 1.82) is 0 Å². The molecule has 0 fully saturated rings. The van der Waals surface area contributed by atoms with Gasteiger partial charge in [-0.2, -0.15) is 5.10 Å². The van der Waals surface area contributed by atoms with Gasteiger partial charge >= 0.3 is 0 Å². The van der Waals surface area contributed by atoms with Crippen LogP contribution < -0.4 is 14.8 Å². The van der Waals surface area contributed by atoms with Crippen molar-refractivity contribution in [3.8, 4) is 28.4 Å². The third kappa shape index (κ3) is 3.41. The smallest absolute Gasteiger partial charge is 0.133 e. The van der Waals surface area contributed by atoms with Crippen LogP contribution in [0.15, 0.2) is 46.9 Å². The lowest BCUT2D eigenvalue weighted by Crippen LogP contribution is -2.07. The van der Waals surface area contributed by atoms with E-state index < -0.39 is 0 Å². The number of halogens is 1. The van der Waals surface area contributed by atoms with Crippen molar-refractivity contribution >= 4 is 21.7 Å². The quantitative estimate of drug-likeness (QED) is 0.631. The number of methoxy groups -OCH3 is 2. The number of nitrogens with one attached hydrogen (secondary N) is 1. The van der Waals surface area contributed by atoms with Crippen LogP contribution in [-0.4, -0.2) is 30.5 Å². The summed E-state index contributed by atoms with van der Waals surface area (Å²) in [5, 5.41) is 8.57. The molecule has 6 heteroatoms. The predicted molar refractivity (Wildman–Crippen MR) is 111 cm³/mol. The molecule has 27 heavy (non-hydrogen) atoms. The first kappa shape index (κ1) is 17.9. The van der Waals surface area contributed by atoms with Gasteiger partial charge in [0.1, 0.15) is 23.0 Å². The molecule has 1 aliphatic heterocycles. The first-order chi connectivity index (χ1) is 13.2. The standard InChI is InChI=1S/C21H22BrN3O2/c1-26-16-10-11-19(27-2)18(13-16)20-17-5-3-4-12-23-21(17)25(24-20)15-8-6-14(22)7-9-15/h6-11,13,23H,3-5,12H2,1-2H3. The number of hydrogen-bond donors (Lipinski definition) is 1. The highest BCUT2D eigenvalue weighted by molar-refractivity contribution is 9.10. The van der Waals surface area contributed by atoms with Crippen LogP contribution in [0, 0.1) is 0 Å². The molecule has 0 atom stereocenters. The molecule has 4 rings (SSSR count). The van der Waals surface area contributed by atoms with E-state index in [0.717, 1.165) is 64.5 Å². The summed E-state index contributed by atoms with van der Waals surface area (Å²) in [4.78, 5) is 0. The molecule has 0 saturated carbocycles. The van der Waals surface area contributed by atoms with Gasteiger partial charge in [0.05, 0.1) is 19.9 Å². The summed E-state index contributed by atoms with van der Waals surface area (Å²) in [6.07, 6.45) is 3.25. The summed E-state index contributed by atoms with van der Waals surface area (Å²) in [5.74, 6) is 2.65. The van der Waals surface area contributed by atoms with Crippen LogP contribution in [0.3, 0.4) is 0 Å². The molecule has 1 N–H and O–H groups in total. The molecule has 1 aromatic heterocycles. The fourth-order valence-electron chi connectivity index (χ4n) is 3.49. The Hall–Kier alpha value is -2.47. The maximum absolute atomic E-state index is 5.62. The van der Waals surface area contributed by atoms with E-state index in [1.54, 1.807) is 14.2 Å². The van der Waals surface area contributed by atoms with Crippen LogP contribution in [-0.2, 0) is 6.42 Å². The van der Waals surface area contributed by atoms with E-state index >= 15 is 0 Å². The average molecular weight is 428 g/mol. The molecule has 0 unspecified atom stereocenters. The second-order valence-corrected chi connectivity index (χ2v) is 7.43. The summed E-state index contributed by atoms with van der Waals surface area (Å²) < 4.78 is 14.1. The Kier molecular flexibility index (Phi) is 5.07. The second-order valence-electron chi connectivity index (χ2n) is 6.51. The number of rotatable bonds is 4. The topological polar surface area (TPSA) is 48.3 Å². The summed E-state index contributed by atoms with van der Waals surface area (Å²) in [7, 11) is 3.36. The van der Waals surface area contributed by atoms with Crippen molar-refractivity contribution in [2.75, 3.05) is 26.1 Å². The van der Waals surface area contributed by atoms with E-state index in [1.165, 1.54) is 5.56 Å². The summed E-state index contributed by atoms with van der Waals surface area (Å²) in [6, 6.07) is 14.0. The highest BCUT2D eigenvalue weighted by Gasteiger charge is 2.24. The maximum Gasteiger partial charge on any atom is 0.133 e. The maximum atomic E-state index is 5.62. The predicted octanol–water partition coefficient (Wildman–Crippen LogP) is 5.07. The van der Waals surface area contributed by atoms with Gasteiger partial charge in [0.2, 0.25) is 0 Å². The van der Waals surface area contributed by atoms with Gasteiger partial charge < -0.3 is 14.8 Å². The minimum absolute atomic E-state index is 0.791. The third-order valence-electron chi connectivity index (χ3n) is 4.86. The number of ether oxygens (including phenoxy) is 2. The zero-order valence-electron chi connectivity index (χ0n) is 15.5. The molecule has 3 aromatic rings. The Balaban J connectivity index is 1.93. The molecule has 140 valence electrons. The van der Waals surface area contributed by atoms with Crippen LogP contribution in [0.2, 0.25) is 0 Å². The number of benzene rings is 2. The first-order valence-corrected chi connectivity index (χ1v) is 9.84. The zero-order valence-corrected chi connectivity index (χ0v) is 17.0. The molecular formula is C21H22BrN3O2. The van der Waals surface area contributed by atoms with Crippen molar-refractivity contribution in [3.63, 3.8) is 0 Å². The Morgan fingerprint density at radius 3 is 2.59 bits per heavy atom. The molecule has 2 heterocycles. The van der Waals surface area contributed by atoms with Crippen molar-refractivity contribution in [2.45, 2.75) is 19.3 Å². The molecule has 2 aromatic carbocycles. The van der Waals surface area contributed by atoms with E-state index in [4.69, 9.17) is 14.6 Å². The number of aromatic nitrogens is 2. The SMILES string of the molecule is COc1ccc(OC)c(-c2nn(-c3ccc(Br)cc3)c3c2CCCCN3)c1. The van der Waals surface area contributed by atoms with Gasteiger partial charge in [-0.05, 0) is 61.7 Å². The summed E-state index contributed by atoms with van der Waals surface area (Å²) in [5.41, 5.74) is 4.14. The number of fused-ring (bicyclic) bond motifs is 1. The summed E-state index contributed by atoms with van der Waals surface area (Å²) >= 11 is 3.51. The van der Waals surface area contributed by atoms with Crippen LogP contribution in [0.1, 0.15) is 18.4 Å². The highest BCUT2D eigenvalue weighted by atomic mass is 79.9. The van der Waals surface area contributed by atoms with E-state index in [9.17, 15) is 0 Å². The van der Waals surface area contributed by atoms with Crippen molar-refractivity contribution in [2.24, 2.45) is 0 Å². The minimum atomic E-state index is 0.791. The Morgan fingerprint density at radius 1 is 1.04 bits per heavy atom. The molecule has 0 amide bonds. The van der Waals surface area contributed by atoms with Crippen molar-refractivity contribution < 1.29 is 9.47 Å². The minimum Gasteiger partial charge on any atom is -0.497 e. The van der Waals surface area contributed by atoms with E-state index in [2.05, 4.69) is 33.4 Å². The van der Waals surface area contributed by atoms with E-state index in [0.29, 0.717) is 0 Å². The summed E-state index contributed by atoms with van der Waals surface area (Å²) in [6.45, 7) is 0.948. The molecular weight excluding hydrogens is 406 g/mol. The van der Waals surface area contributed by atoms with Crippen molar-refractivity contribution in [3.05, 3.63) is 52.5 Å². The van der Waals surface area contributed by atoms with Gasteiger partial charge in [0, 0.05) is 22.1 Å². The van der Waals surface area contributed by atoms with Crippen LogP contribution in [0.25, 0.3) is 16.9 Å². The van der Waals surface area contributed by atoms with Gasteiger partial charge in [0.25, 0.3) is 0 Å². The lowest BCUT2D eigenvalue weighted by Gasteiger charge is -2.10. The highest BCUT2D eigenvalue weighted by Crippen LogP contribution is 2.39. The van der Waals surface area contributed by atoms with E-state index in [-0.39, 0.29) is 0 Å². The Morgan fingerprint density at radius 2 is 1.85 bits per heavy atom. The molecule has 5 nitrogen and oxygen atoms in total. The van der Waals surface area contributed by atoms with Gasteiger partial charge in [-0.25, -0.2) is 4.68 Å². The monoisotopic (exact) mass is 427 g/mol. The van der Waals surface area contributed by atoms with E-state index in [1.807, 2.05) is 35.0 Å². The molecule has 0 saturated heterocycles. The van der Waals surface area contributed by atoms with Gasteiger partial charge in [-0.3, -0.25) is 0 Å². The third-order valence-corrected chi connectivity index (χ3v) is 5.39. The molecule has 0 aliphatic carbocycles. The molecule has 0 bridgehead atoms. The Labute approximate surface area is 167 Å². The van der Waals surface area contributed by atoms with Crippen LogP contribution in [0.5, 0.6) is 11.5 Å². The van der Waals surface area contributed by atoms with Gasteiger partial charge in [-0.15, -0.1) is 0 Å². The second kappa shape index (κ2) is 7.64. The Bertz CT molecular complexity index is 951. The molecule has 0 spiro atoms. The largest absolute Gasteiger partial charge is 0.497 e. The average Bonchev–Trinajstić information content (AvgIpc) is 2.89. The van der Waals surface area contributed by atoms with Crippen molar-refractivity contribution in [1.82, 2.24) is 9.78 Å². The van der Waals surface area contributed by atoms with Gasteiger partial charge in [-0.1, -0.05) is 15.9 Å². The molecule has 0 radical (unpaired) electrons. The fourth-order valence-corrected chi connectivity index (χ4v) is 3.75. The lowest BCUT2D eigenvalue weighted by atomic mass is 10.0. The first-order valence-electron chi connectivity index (χ1n) is 9.05. The van der Waals surface area contributed by atoms with Gasteiger partial charge in [0.15, 0.2) is 0 Å². The number of nitrogens with zero attached hydrogens (tertiary/aromatic N) is 2. The number of hydrogen-bond acceptors (Lipinski definition) is 4. The lowest BCUT2D eigenvalue weighted by molar-refractivity contribution is 0.404. The number of anilines is 1. The van der Waals surface area contributed by atoms with Crippen LogP contribution >= 0.6 is 15.9 Å². The molecule has 1 aliphatic rings. The zero-order chi connectivity index (χ0) is 18.8. The fraction of sp³-hybridized carbons (Fsp3) is 0.286.